The minimum atomic E-state index is -0.158. The second-order valence-corrected chi connectivity index (χ2v) is 8.88. The third-order valence-corrected chi connectivity index (χ3v) is 6.20. The second-order valence-electron chi connectivity index (χ2n) is 8.88. The SMILES string of the molecule is Cc1oc(-c2ccccc2)cc1C(=O)Nc1ccc(C[N+](C)(C)C2CCOCC2)cc1.[Cl-]. The lowest BCUT2D eigenvalue weighted by molar-refractivity contribution is -0.929. The molecule has 1 aromatic heterocycles. The van der Waals surface area contributed by atoms with E-state index < -0.39 is 0 Å². The number of hydrogen-bond donors (Lipinski definition) is 1. The Balaban J connectivity index is 0.00000289. The number of hydrogen-bond acceptors (Lipinski definition) is 3. The van der Waals surface area contributed by atoms with Gasteiger partial charge in [0.2, 0.25) is 0 Å². The van der Waals surface area contributed by atoms with Crippen LogP contribution in [0.5, 0.6) is 0 Å². The van der Waals surface area contributed by atoms with E-state index in [1.54, 1.807) is 0 Å². The Kier molecular flexibility index (Phi) is 7.77. The van der Waals surface area contributed by atoms with Gasteiger partial charge in [0.15, 0.2) is 0 Å². The fraction of sp³-hybridized carbons (Fsp3) is 0.346. The largest absolute Gasteiger partial charge is 1.00 e. The van der Waals surface area contributed by atoms with E-state index in [-0.39, 0.29) is 18.3 Å². The topological polar surface area (TPSA) is 51.5 Å². The van der Waals surface area contributed by atoms with Gasteiger partial charge in [0.25, 0.3) is 5.91 Å². The van der Waals surface area contributed by atoms with Crippen molar-refractivity contribution in [2.24, 2.45) is 0 Å². The number of furan rings is 1. The molecule has 32 heavy (non-hydrogen) atoms. The fourth-order valence-electron chi connectivity index (χ4n) is 4.33. The van der Waals surface area contributed by atoms with Crippen LogP contribution in [0.1, 0.15) is 34.5 Å². The molecule has 0 aliphatic carbocycles. The summed E-state index contributed by atoms with van der Waals surface area (Å²) in [6, 6.07) is 20.4. The highest BCUT2D eigenvalue weighted by Gasteiger charge is 2.30. The number of rotatable bonds is 6. The van der Waals surface area contributed by atoms with E-state index >= 15 is 0 Å². The van der Waals surface area contributed by atoms with Crippen LogP contribution in [0.4, 0.5) is 5.69 Å². The molecule has 0 bridgehead atoms. The summed E-state index contributed by atoms with van der Waals surface area (Å²) in [4.78, 5) is 12.8. The molecule has 1 fully saturated rings. The molecule has 1 aliphatic rings. The summed E-state index contributed by atoms with van der Waals surface area (Å²) in [5.41, 5.74) is 3.56. The van der Waals surface area contributed by atoms with Crippen molar-refractivity contribution in [3.8, 4) is 11.3 Å². The smallest absolute Gasteiger partial charge is 0.259 e. The number of amides is 1. The Morgan fingerprint density at radius 3 is 2.34 bits per heavy atom. The number of carbonyl (C=O) groups is 1. The molecule has 0 spiro atoms. The Bertz CT molecular complexity index is 1020. The number of carbonyl (C=O) groups excluding carboxylic acids is 1. The molecule has 0 unspecified atom stereocenters. The number of halogens is 1. The van der Waals surface area contributed by atoms with Crippen LogP contribution in [-0.2, 0) is 11.3 Å². The van der Waals surface area contributed by atoms with Gasteiger partial charge >= 0.3 is 0 Å². The molecule has 4 rings (SSSR count). The zero-order valence-corrected chi connectivity index (χ0v) is 19.7. The molecule has 1 saturated heterocycles. The molecular formula is C26H31ClN2O3. The fourth-order valence-corrected chi connectivity index (χ4v) is 4.33. The highest BCUT2D eigenvalue weighted by atomic mass is 35.5. The van der Waals surface area contributed by atoms with Gasteiger partial charge in [-0.1, -0.05) is 42.5 Å². The van der Waals surface area contributed by atoms with Crippen LogP contribution in [0.2, 0.25) is 0 Å². The van der Waals surface area contributed by atoms with E-state index in [9.17, 15) is 4.79 Å². The van der Waals surface area contributed by atoms with Crippen molar-refractivity contribution in [2.45, 2.75) is 32.4 Å². The summed E-state index contributed by atoms with van der Waals surface area (Å²) in [6.45, 7) is 4.49. The lowest BCUT2D eigenvalue weighted by atomic mass is 10.0. The summed E-state index contributed by atoms with van der Waals surface area (Å²) >= 11 is 0. The molecule has 2 heterocycles. The highest BCUT2D eigenvalue weighted by molar-refractivity contribution is 6.05. The van der Waals surface area contributed by atoms with Crippen LogP contribution in [0.25, 0.3) is 11.3 Å². The van der Waals surface area contributed by atoms with E-state index in [0.717, 1.165) is 48.3 Å². The average molecular weight is 455 g/mol. The summed E-state index contributed by atoms with van der Waals surface area (Å²) in [6.07, 6.45) is 2.21. The van der Waals surface area contributed by atoms with Crippen LogP contribution < -0.4 is 17.7 Å². The van der Waals surface area contributed by atoms with E-state index in [1.165, 1.54) is 5.56 Å². The molecule has 170 valence electrons. The van der Waals surface area contributed by atoms with E-state index in [0.29, 0.717) is 23.1 Å². The maximum Gasteiger partial charge on any atom is 0.259 e. The van der Waals surface area contributed by atoms with Crippen molar-refractivity contribution in [3.63, 3.8) is 0 Å². The number of quaternary nitrogens is 1. The van der Waals surface area contributed by atoms with Crippen molar-refractivity contribution in [3.05, 3.63) is 77.6 Å². The maximum atomic E-state index is 12.8. The van der Waals surface area contributed by atoms with Gasteiger partial charge in [-0.25, -0.2) is 0 Å². The summed E-state index contributed by atoms with van der Waals surface area (Å²) in [7, 11) is 4.58. The highest BCUT2D eigenvalue weighted by Crippen LogP contribution is 2.26. The average Bonchev–Trinajstić information content (AvgIpc) is 3.18. The summed E-state index contributed by atoms with van der Waals surface area (Å²) in [5.74, 6) is 1.16. The quantitative estimate of drug-likeness (QED) is 0.581. The first-order valence-corrected chi connectivity index (χ1v) is 10.9. The molecule has 3 aromatic rings. The minimum Gasteiger partial charge on any atom is -1.00 e. The van der Waals surface area contributed by atoms with E-state index in [1.807, 2.05) is 55.5 Å². The van der Waals surface area contributed by atoms with Crippen molar-refractivity contribution >= 4 is 11.6 Å². The summed E-state index contributed by atoms with van der Waals surface area (Å²) < 4.78 is 12.3. The van der Waals surface area contributed by atoms with Gasteiger partial charge in [0, 0.05) is 29.7 Å². The van der Waals surface area contributed by atoms with Gasteiger partial charge in [0.1, 0.15) is 18.1 Å². The molecule has 1 amide bonds. The number of aryl methyl sites for hydroxylation is 1. The zero-order valence-electron chi connectivity index (χ0n) is 18.9. The summed E-state index contributed by atoms with van der Waals surface area (Å²) in [5, 5.41) is 3.00. The predicted molar refractivity (Wildman–Crippen MR) is 123 cm³/mol. The Labute approximate surface area is 196 Å². The van der Waals surface area contributed by atoms with Crippen LogP contribution in [0.15, 0.2) is 65.1 Å². The molecule has 1 N–H and O–H groups in total. The van der Waals surface area contributed by atoms with Crippen molar-refractivity contribution in [1.29, 1.82) is 0 Å². The number of nitrogens with one attached hydrogen (secondary N) is 1. The second kappa shape index (κ2) is 10.3. The molecule has 2 aromatic carbocycles. The van der Waals surface area contributed by atoms with Crippen molar-refractivity contribution in [1.82, 2.24) is 0 Å². The van der Waals surface area contributed by atoms with Crippen LogP contribution in [0, 0.1) is 6.92 Å². The molecule has 0 radical (unpaired) electrons. The monoisotopic (exact) mass is 454 g/mol. The molecule has 1 aliphatic heterocycles. The molecule has 0 atom stereocenters. The number of anilines is 1. The van der Waals surface area contributed by atoms with E-state index in [2.05, 4.69) is 31.5 Å². The number of ether oxygens (including phenoxy) is 1. The Hall–Kier alpha value is -2.60. The number of benzene rings is 2. The van der Waals surface area contributed by atoms with Crippen LogP contribution in [0.3, 0.4) is 0 Å². The maximum absolute atomic E-state index is 12.8. The molecule has 0 saturated carbocycles. The van der Waals surface area contributed by atoms with Gasteiger partial charge in [-0.3, -0.25) is 4.79 Å². The predicted octanol–water partition coefficient (Wildman–Crippen LogP) is 2.27. The Morgan fingerprint density at radius 2 is 1.69 bits per heavy atom. The standard InChI is InChI=1S/C26H30N2O3.ClH/c1-19-24(17-25(31-19)21-7-5-4-6-8-21)26(29)27-22-11-9-20(10-12-22)18-28(2,3)23-13-15-30-16-14-23;/h4-12,17,23H,13-16,18H2,1-3H3;1H. The first-order valence-electron chi connectivity index (χ1n) is 10.9. The van der Waals surface area contributed by atoms with Crippen LogP contribution in [-0.4, -0.2) is 43.7 Å². The zero-order chi connectivity index (χ0) is 21.8. The molecule has 5 nitrogen and oxygen atoms in total. The first kappa shape index (κ1) is 24.1. The minimum absolute atomic E-state index is 0. The van der Waals surface area contributed by atoms with Crippen LogP contribution >= 0.6 is 0 Å². The lowest BCUT2D eigenvalue weighted by Gasteiger charge is -2.40. The van der Waals surface area contributed by atoms with Gasteiger partial charge in [-0.05, 0) is 25.1 Å². The lowest BCUT2D eigenvalue weighted by Crippen LogP contribution is -3.00. The first-order chi connectivity index (χ1) is 14.9. The van der Waals surface area contributed by atoms with Gasteiger partial charge in [-0.2, -0.15) is 0 Å². The van der Waals surface area contributed by atoms with Gasteiger partial charge < -0.3 is 31.4 Å². The molecule has 6 heteroatoms. The van der Waals surface area contributed by atoms with Gasteiger partial charge in [0.05, 0.1) is 38.9 Å². The van der Waals surface area contributed by atoms with Crippen molar-refractivity contribution < 1.29 is 30.8 Å². The molecular weight excluding hydrogens is 424 g/mol. The third-order valence-electron chi connectivity index (χ3n) is 6.20. The number of nitrogens with zero attached hydrogens (tertiary/aromatic N) is 1. The normalized spacial score (nSPS) is 14.6. The van der Waals surface area contributed by atoms with Gasteiger partial charge in [-0.15, -0.1) is 0 Å². The van der Waals surface area contributed by atoms with E-state index in [4.69, 9.17) is 9.15 Å². The Morgan fingerprint density at radius 1 is 1.03 bits per heavy atom. The van der Waals surface area contributed by atoms with Crippen molar-refractivity contribution in [2.75, 3.05) is 32.6 Å². The third kappa shape index (κ3) is 5.60.